The van der Waals surface area contributed by atoms with Gasteiger partial charge in [-0.2, -0.15) is 0 Å². The van der Waals surface area contributed by atoms with E-state index in [-0.39, 0.29) is 11.9 Å². The van der Waals surface area contributed by atoms with E-state index in [9.17, 15) is 4.79 Å². The van der Waals surface area contributed by atoms with Crippen LogP contribution in [0, 0.1) is 0 Å². The van der Waals surface area contributed by atoms with Crippen molar-refractivity contribution >= 4 is 5.91 Å². The Morgan fingerprint density at radius 2 is 1.71 bits per heavy atom. The van der Waals surface area contributed by atoms with Crippen molar-refractivity contribution in [2.75, 3.05) is 13.1 Å². The summed E-state index contributed by atoms with van der Waals surface area (Å²) in [5, 5.41) is 3.33. The molecule has 0 saturated carbocycles. The van der Waals surface area contributed by atoms with Gasteiger partial charge in [0, 0.05) is 31.6 Å². The van der Waals surface area contributed by atoms with Gasteiger partial charge < -0.3 is 10.2 Å². The van der Waals surface area contributed by atoms with Crippen molar-refractivity contribution in [1.82, 2.24) is 10.2 Å². The smallest absolute Gasteiger partial charge is 0.224 e. The fourth-order valence-corrected chi connectivity index (χ4v) is 1.60. The molecule has 0 fully saturated rings. The summed E-state index contributed by atoms with van der Waals surface area (Å²) in [5.74, 6) is 0.246. The number of carbonyl (C=O) groups is 1. The van der Waals surface area contributed by atoms with Gasteiger partial charge in [0.05, 0.1) is 0 Å². The maximum absolute atomic E-state index is 11.7. The largest absolute Gasteiger partial charge is 0.343 e. The van der Waals surface area contributed by atoms with Gasteiger partial charge in [-0.25, -0.2) is 0 Å². The molecule has 0 rings (SSSR count). The Balaban J connectivity index is 3.91. The Hall–Kier alpha value is -0.570. The van der Waals surface area contributed by atoms with Gasteiger partial charge in [0.25, 0.3) is 0 Å². The van der Waals surface area contributed by atoms with Crippen molar-refractivity contribution in [2.24, 2.45) is 0 Å². The maximum atomic E-state index is 11.7. The molecule has 1 unspecified atom stereocenters. The number of hydrogen-bond acceptors (Lipinski definition) is 2. The fourth-order valence-electron chi connectivity index (χ4n) is 1.60. The van der Waals surface area contributed by atoms with E-state index in [0.717, 1.165) is 13.1 Å². The molecule has 0 aliphatic heterocycles. The standard InChI is InChI=1S/C11H24N2O/c1-6-13(7-2)11(14)8-10(5)12-9(3)4/h9-10,12H,6-8H2,1-5H3. The summed E-state index contributed by atoms with van der Waals surface area (Å²) < 4.78 is 0. The van der Waals surface area contributed by atoms with Crippen LogP contribution in [0.2, 0.25) is 0 Å². The van der Waals surface area contributed by atoms with Crippen LogP contribution in [-0.2, 0) is 4.79 Å². The summed E-state index contributed by atoms with van der Waals surface area (Å²) in [5.41, 5.74) is 0. The van der Waals surface area contributed by atoms with Crippen LogP contribution < -0.4 is 5.32 Å². The Morgan fingerprint density at radius 3 is 2.07 bits per heavy atom. The molecule has 1 atom stereocenters. The van der Waals surface area contributed by atoms with Crippen molar-refractivity contribution in [3.8, 4) is 0 Å². The molecule has 3 heteroatoms. The maximum Gasteiger partial charge on any atom is 0.224 e. The van der Waals surface area contributed by atoms with Gasteiger partial charge >= 0.3 is 0 Å². The second-order valence-corrected chi connectivity index (χ2v) is 3.99. The quantitative estimate of drug-likeness (QED) is 0.707. The first kappa shape index (κ1) is 13.4. The lowest BCUT2D eigenvalue weighted by Crippen LogP contribution is -2.39. The molecule has 0 bridgehead atoms. The second kappa shape index (κ2) is 6.82. The van der Waals surface area contributed by atoms with Crippen molar-refractivity contribution in [3.05, 3.63) is 0 Å². The molecule has 0 aliphatic rings. The third kappa shape index (κ3) is 5.22. The van der Waals surface area contributed by atoms with Crippen LogP contribution in [-0.4, -0.2) is 36.0 Å². The zero-order chi connectivity index (χ0) is 11.1. The molecule has 0 aromatic heterocycles. The summed E-state index contributed by atoms with van der Waals surface area (Å²) in [6, 6.07) is 0.706. The molecule has 0 spiro atoms. The molecular weight excluding hydrogens is 176 g/mol. The summed E-state index contributed by atoms with van der Waals surface area (Å²) in [6.07, 6.45) is 0.597. The van der Waals surface area contributed by atoms with Gasteiger partial charge in [-0.15, -0.1) is 0 Å². The number of carbonyl (C=O) groups excluding carboxylic acids is 1. The van der Waals surface area contributed by atoms with Crippen molar-refractivity contribution in [1.29, 1.82) is 0 Å². The third-order valence-electron chi connectivity index (χ3n) is 2.21. The van der Waals surface area contributed by atoms with E-state index in [0.29, 0.717) is 12.5 Å². The molecule has 0 aromatic rings. The Morgan fingerprint density at radius 1 is 1.21 bits per heavy atom. The molecule has 0 aliphatic carbocycles. The first-order valence-electron chi connectivity index (χ1n) is 5.55. The van der Waals surface area contributed by atoms with E-state index in [4.69, 9.17) is 0 Å². The highest BCUT2D eigenvalue weighted by molar-refractivity contribution is 5.76. The number of nitrogens with one attached hydrogen (secondary N) is 1. The van der Waals surface area contributed by atoms with Gasteiger partial charge in [0.1, 0.15) is 0 Å². The SMILES string of the molecule is CCN(CC)C(=O)CC(C)NC(C)C. The molecular formula is C11H24N2O. The van der Waals surface area contributed by atoms with Crippen LogP contribution in [0.5, 0.6) is 0 Å². The number of amides is 1. The van der Waals surface area contributed by atoms with Crippen molar-refractivity contribution in [3.63, 3.8) is 0 Å². The predicted octanol–water partition coefficient (Wildman–Crippen LogP) is 1.63. The predicted molar refractivity (Wildman–Crippen MR) is 60.3 cm³/mol. The third-order valence-corrected chi connectivity index (χ3v) is 2.21. The van der Waals surface area contributed by atoms with Crippen molar-refractivity contribution < 1.29 is 4.79 Å². The minimum Gasteiger partial charge on any atom is -0.343 e. The van der Waals surface area contributed by atoms with E-state index < -0.39 is 0 Å². The fraction of sp³-hybridized carbons (Fsp3) is 0.909. The molecule has 1 N–H and O–H groups in total. The zero-order valence-corrected chi connectivity index (χ0v) is 10.1. The van der Waals surface area contributed by atoms with Gasteiger partial charge in [-0.05, 0) is 20.8 Å². The van der Waals surface area contributed by atoms with Crippen LogP contribution in [0.1, 0.15) is 41.0 Å². The first-order valence-corrected chi connectivity index (χ1v) is 5.55. The van der Waals surface area contributed by atoms with E-state index in [2.05, 4.69) is 26.1 Å². The van der Waals surface area contributed by atoms with Crippen LogP contribution in [0.4, 0.5) is 0 Å². The topological polar surface area (TPSA) is 32.3 Å². The number of hydrogen-bond donors (Lipinski definition) is 1. The molecule has 1 amide bonds. The highest BCUT2D eigenvalue weighted by atomic mass is 16.2. The summed E-state index contributed by atoms with van der Waals surface area (Å²) in [6.45, 7) is 11.9. The Kier molecular flexibility index (Phi) is 6.54. The summed E-state index contributed by atoms with van der Waals surface area (Å²) in [4.78, 5) is 13.6. The number of nitrogens with zero attached hydrogens (tertiary/aromatic N) is 1. The van der Waals surface area contributed by atoms with E-state index in [1.54, 1.807) is 0 Å². The lowest BCUT2D eigenvalue weighted by atomic mass is 10.2. The van der Waals surface area contributed by atoms with E-state index in [1.165, 1.54) is 0 Å². The average Bonchev–Trinajstić information content (AvgIpc) is 2.04. The molecule has 14 heavy (non-hydrogen) atoms. The zero-order valence-electron chi connectivity index (χ0n) is 10.1. The van der Waals surface area contributed by atoms with E-state index in [1.807, 2.05) is 18.7 Å². The first-order chi connectivity index (χ1) is 6.51. The van der Waals surface area contributed by atoms with E-state index >= 15 is 0 Å². The van der Waals surface area contributed by atoms with Gasteiger partial charge in [0.15, 0.2) is 0 Å². The molecule has 84 valence electrons. The minimum atomic E-state index is 0.246. The second-order valence-electron chi connectivity index (χ2n) is 3.99. The average molecular weight is 200 g/mol. The Bertz CT molecular complexity index is 165. The van der Waals surface area contributed by atoms with Crippen LogP contribution in [0.25, 0.3) is 0 Å². The van der Waals surface area contributed by atoms with Crippen LogP contribution >= 0.6 is 0 Å². The highest BCUT2D eigenvalue weighted by Crippen LogP contribution is 1.99. The van der Waals surface area contributed by atoms with Gasteiger partial charge in [-0.3, -0.25) is 4.79 Å². The number of rotatable bonds is 6. The Labute approximate surface area is 87.9 Å². The summed E-state index contributed by atoms with van der Waals surface area (Å²) in [7, 11) is 0. The molecule has 0 heterocycles. The lowest BCUT2D eigenvalue weighted by Gasteiger charge is -2.22. The summed E-state index contributed by atoms with van der Waals surface area (Å²) >= 11 is 0. The van der Waals surface area contributed by atoms with Crippen molar-refractivity contribution in [2.45, 2.75) is 53.1 Å². The molecule has 0 radical (unpaired) electrons. The van der Waals surface area contributed by atoms with Crippen LogP contribution in [0.15, 0.2) is 0 Å². The van der Waals surface area contributed by atoms with Gasteiger partial charge in [0.2, 0.25) is 5.91 Å². The molecule has 0 saturated heterocycles. The van der Waals surface area contributed by atoms with Crippen LogP contribution in [0.3, 0.4) is 0 Å². The van der Waals surface area contributed by atoms with Gasteiger partial charge in [-0.1, -0.05) is 13.8 Å². The lowest BCUT2D eigenvalue weighted by molar-refractivity contribution is -0.131. The highest BCUT2D eigenvalue weighted by Gasteiger charge is 2.13. The monoisotopic (exact) mass is 200 g/mol. The normalized spacial score (nSPS) is 13.0. The molecule has 3 nitrogen and oxygen atoms in total. The minimum absolute atomic E-state index is 0.246. The molecule has 0 aromatic carbocycles.